The van der Waals surface area contributed by atoms with E-state index < -0.39 is 0 Å². The average molecular weight is 398 g/mol. The van der Waals surface area contributed by atoms with Crippen molar-refractivity contribution in [1.29, 1.82) is 0 Å². The van der Waals surface area contributed by atoms with Crippen LogP contribution in [0.3, 0.4) is 0 Å². The molecule has 3 rings (SSSR count). The molecule has 0 radical (unpaired) electrons. The minimum Gasteiger partial charge on any atom is -0.354 e. The van der Waals surface area contributed by atoms with Crippen molar-refractivity contribution in [3.05, 3.63) is 35.6 Å². The molecule has 2 saturated carbocycles. The number of hydrogen-bond donors (Lipinski definition) is 3. The first-order valence-electron chi connectivity index (χ1n) is 9.57. The maximum Gasteiger partial charge on any atom is 0.224 e. The molecule has 2 unspecified atom stereocenters. The van der Waals surface area contributed by atoms with Gasteiger partial charge >= 0.3 is 0 Å². The van der Waals surface area contributed by atoms with Gasteiger partial charge in [0.1, 0.15) is 5.82 Å². The van der Waals surface area contributed by atoms with E-state index in [1.165, 1.54) is 18.6 Å². The van der Waals surface area contributed by atoms with Crippen molar-refractivity contribution in [2.24, 2.45) is 23.5 Å². The number of nitrogens with one attached hydrogen (secondary N) is 2. The van der Waals surface area contributed by atoms with Crippen LogP contribution in [0.25, 0.3) is 0 Å². The molecular weight excluding hydrogens is 369 g/mol. The maximum atomic E-state index is 13.1. The summed E-state index contributed by atoms with van der Waals surface area (Å²) < 4.78 is 13.1. The van der Waals surface area contributed by atoms with Gasteiger partial charge in [-0.1, -0.05) is 18.6 Å². The van der Waals surface area contributed by atoms with E-state index in [0.29, 0.717) is 30.5 Å². The van der Waals surface area contributed by atoms with Crippen LogP contribution in [0.15, 0.2) is 24.3 Å². The van der Waals surface area contributed by atoms with E-state index in [4.69, 9.17) is 5.73 Å². The SMILES string of the molecule is Cl.NC1C2CCCC1CC(C(=O)NCCNC(=O)Cc1cccc(F)c1)C2. The van der Waals surface area contributed by atoms with Crippen LogP contribution < -0.4 is 16.4 Å². The second-order valence-corrected chi connectivity index (χ2v) is 7.64. The lowest BCUT2D eigenvalue weighted by Gasteiger charge is -2.43. The van der Waals surface area contributed by atoms with E-state index in [0.717, 1.165) is 25.7 Å². The first-order valence-corrected chi connectivity index (χ1v) is 9.57. The molecule has 2 fully saturated rings. The topological polar surface area (TPSA) is 84.2 Å². The molecule has 1 aromatic rings. The molecule has 7 heteroatoms. The minimum atomic E-state index is -0.348. The fourth-order valence-corrected chi connectivity index (χ4v) is 4.43. The molecule has 150 valence electrons. The zero-order valence-corrected chi connectivity index (χ0v) is 16.3. The Morgan fingerprint density at radius 3 is 2.44 bits per heavy atom. The zero-order valence-electron chi connectivity index (χ0n) is 15.5. The molecule has 0 spiro atoms. The van der Waals surface area contributed by atoms with Crippen molar-refractivity contribution >= 4 is 24.2 Å². The van der Waals surface area contributed by atoms with E-state index >= 15 is 0 Å². The van der Waals surface area contributed by atoms with Crippen molar-refractivity contribution in [3.63, 3.8) is 0 Å². The van der Waals surface area contributed by atoms with Crippen molar-refractivity contribution in [2.45, 2.75) is 44.6 Å². The average Bonchev–Trinajstić information content (AvgIpc) is 2.58. The van der Waals surface area contributed by atoms with Gasteiger partial charge in [-0.15, -0.1) is 12.4 Å². The molecule has 2 aliphatic rings. The monoisotopic (exact) mass is 397 g/mol. The van der Waals surface area contributed by atoms with Gasteiger partial charge in [0.2, 0.25) is 11.8 Å². The van der Waals surface area contributed by atoms with Crippen LogP contribution in [0, 0.1) is 23.6 Å². The highest BCUT2D eigenvalue weighted by Crippen LogP contribution is 2.41. The highest BCUT2D eigenvalue weighted by molar-refractivity contribution is 5.85. The van der Waals surface area contributed by atoms with Crippen molar-refractivity contribution in [1.82, 2.24) is 10.6 Å². The van der Waals surface area contributed by atoms with Crippen molar-refractivity contribution in [3.8, 4) is 0 Å². The Balaban J connectivity index is 0.00000261. The van der Waals surface area contributed by atoms with Gasteiger partial charge < -0.3 is 16.4 Å². The van der Waals surface area contributed by atoms with Gasteiger partial charge in [0, 0.05) is 25.0 Å². The van der Waals surface area contributed by atoms with E-state index in [2.05, 4.69) is 10.6 Å². The van der Waals surface area contributed by atoms with Crippen LogP contribution in [0.5, 0.6) is 0 Å². The number of rotatable bonds is 6. The van der Waals surface area contributed by atoms with Crippen molar-refractivity contribution < 1.29 is 14.0 Å². The fourth-order valence-electron chi connectivity index (χ4n) is 4.43. The number of amides is 2. The second-order valence-electron chi connectivity index (χ2n) is 7.64. The number of halogens is 2. The molecule has 0 aromatic heterocycles. The van der Waals surface area contributed by atoms with Crippen LogP contribution in [-0.2, 0) is 16.0 Å². The minimum absolute atomic E-state index is 0. The first-order chi connectivity index (χ1) is 12.5. The highest BCUT2D eigenvalue weighted by Gasteiger charge is 2.40. The Labute approximate surface area is 166 Å². The zero-order chi connectivity index (χ0) is 18.5. The molecular formula is C20H29ClFN3O2. The lowest BCUT2D eigenvalue weighted by molar-refractivity contribution is -0.128. The number of nitrogens with two attached hydrogens (primary N) is 1. The van der Waals surface area contributed by atoms with E-state index in [-0.39, 0.29) is 48.4 Å². The van der Waals surface area contributed by atoms with Crippen molar-refractivity contribution in [2.75, 3.05) is 13.1 Å². The van der Waals surface area contributed by atoms with Crippen LogP contribution in [0.2, 0.25) is 0 Å². The molecule has 4 N–H and O–H groups in total. The highest BCUT2D eigenvalue weighted by atomic mass is 35.5. The molecule has 2 aliphatic carbocycles. The Hall–Kier alpha value is -1.66. The van der Waals surface area contributed by atoms with Gasteiger partial charge in [0.05, 0.1) is 6.42 Å². The summed E-state index contributed by atoms with van der Waals surface area (Å²) in [5.41, 5.74) is 6.91. The summed E-state index contributed by atoms with van der Waals surface area (Å²) in [7, 11) is 0. The number of carbonyl (C=O) groups excluding carboxylic acids is 2. The molecule has 5 nitrogen and oxygen atoms in total. The molecule has 1 aromatic carbocycles. The van der Waals surface area contributed by atoms with E-state index in [1.807, 2.05) is 0 Å². The fraction of sp³-hybridized carbons (Fsp3) is 0.600. The normalized spacial score (nSPS) is 26.6. The summed E-state index contributed by atoms with van der Waals surface area (Å²) in [4.78, 5) is 24.3. The summed E-state index contributed by atoms with van der Waals surface area (Å²) >= 11 is 0. The third kappa shape index (κ3) is 5.91. The molecule has 27 heavy (non-hydrogen) atoms. The van der Waals surface area contributed by atoms with Crippen LogP contribution in [0.4, 0.5) is 4.39 Å². The van der Waals surface area contributed by atoms with Crippen LogP contribution in [-0.4, -0.2) is 30.9 Å². The van der Waals surface area contributed by atoms with Gasteiger partial charge in [0.25, 0.3) is 0 Å². The molecule has 2 amide bonds. The van der Waals surface area contributed by atoms with Gasteiger partial charge in [-0.05, 0) is 55.2 Å². The largest absolute Gasteiger partial charge is 0.354 e. The van der Waals surface area contributed by atoms with Gasteiger partial charge in [0.15, 0.2) is 0 Å². The maximum absolute atomic E-state index is 13.1. The van der Waals surface area contributed by atoms with Gasteiger partial charge in [-0.3, -0.25) is 9.59 Å². The van der Waals surface area contributed by atoms with Crippen LogP contribution >= 0.6 is 12.4 Å². The predicted octanol–water partition coefficient (Wildman–Crippen LogP) is 2.18. The predicted molar refractivity (Wildman–Crippen MR) is 105 cm³/mol. The summed E-state index contributed by atoms with van der Waals surface area (Å²) in [6.45, 7) is 0.782. The van der Waals surface area contributed by atoms with Gasteiger partial charge in [-0.2, -0.15) is 0 Å². The standard InChI is InChI=1S/C20H28FN3O2.ClH/c21-17-6-1-3-13(9-17)10-18(25)23-7-8-24-20(26)16-11-14-4-2-5-15(12-16)19(14)22;/h1,3,6,9,14-16,19H,2,4-5,7-8,10-12,22H2,(H,23,25)(H,24,26);1H. The van der Waals surface area contributed by atoms with E-state index in [1.54, 1.807) is 12.1 Å². The smallest absolute Gasteiger partial charge is 0.224 e. The Morgan fingerprint density at radius 1 is 1.11 bits per heavy atom. The van der Waals surface area contributed by atoms with Crippen LogP contribution in [0.1, 0.15) is 37.7 Å². The number of carbonyl (C=O) groups is 2. The molecule has 0 aliphatic heterocycles. The Kier molecular flexibility index (Phi) is 8.05. The lowest BCUT2D eigenvalue weighted by atomic mass is 9.65. The third-order valence-corrected chi connectivity index (χ3v) is 5.78. The summed E-state index contributed by atoms with van der Waals surface area (Å²) in [6, 6.07) is 6.27. The summed E-state index contributed by atoms with van der Waals surface area (Å²) in [5.74, 6) is 0.553. The summed E-state index contributed by atoms with van der Waals surface area (Å²) in [5, 5.41) is 5.69. The summed E-state index contributed by atoms with van der Waals surface area (Å²) in [6.07, 6.45) is 5.41. The lowest BCUT2D eigenvalue weighted by Crippen LogP contribution is -2.49. The third-order valence-electron chi connectivity index (χ3n) is 5.78. The molecule has 2 atom stereocenters. The number of hydrogen-bond acceptors (Lipinski definition) is 3. The molecule has 0 heterocycles. The first kappa shape index (κ1) is 21.6. The van der Waals surface area contributed by atoms with E-state index in [9.17, 15) is 14.0 Å². The van der Waals surface area contributed by atoms with Gasteiger partial charge in [-0.25, -0.2) is 4.39 Å². The Morgan fingerprint density at radius 2 is 1.78 bits per heavy atom. The number of fused-ring (bicyclic) bond motifs is 2. The second kappa shape index (κ2) is 10.0. The Bertz CT molecular complexity index is 644. The number of benzene rings is 1. The quantitative estimate of drug-likeness (QED) is 0.643. The molecule has 0 saturated heterocycles. The molecule has 2 bridgehead atoms.